The number of hydrogen-bond acceptors (Lipinski definition) is 3. The van der Waals surface area contributed by atoms with Crippen LogP contribution in [0.4, 0.5) is 4.79 Å². The molecule has 1 rings (SSSR count). The van der Waals surface area contributed by atoms with Crippen molar-refractivity contribution in [1.82, 2.24) is 10.6 Å². The van der Waals surface area contributed by atoms with Gasteiger partial charge in [-0.05, 0) is 35.2 Å². The van der Waals surface area contributed by atoms with E-state index in [4.69, 9.17) is 5.11 Å². The lowest BCUT2D eigenvalue weighted by molar-refractivity contribution is -0.139. The fourth-order valence-electron chi connectivity index (χ4n) is 1.51. The van der Waals surface area contributed by atoms with Crippen LogP contribution in [0.3, 0.4) is 0 Å². The van der Waals surface area contributed by atoms with Crippen molar-refractivity contribution in [2.24, 2.45) is 0 Å². The normalized spacial score (nSPS) is 11.8. The van der Waals surface area contributed by atoms with E-state index in [1.807, 2.05) is 23.8 Å². The molecule has 0 unspecified atom stereocenters. The van der Waals surface area contributed by atoms with Gasteiger partial charge in [-0.1, -0.05) is 13.3 Å². The first-order valence-corrected chi connectivity index (χ1v) is 6.86. The second-order valence-corrected chi connectivity index (χ2v) is 4.74. The van der Waals surface area contributed by atoms with Gasteiger partial charge in [-0.15, -0.1) is 0 Å². The number of carboxylic acids is 1. The Bertz CT molecular complexity index is 379. The van der Waals surface area contributed by atoms with Crippen molar-refractivity contribution in [1.29, 1.82) is 0 Å². The number of amides is 2. The molecule has 3 N–H and O–H groups in total. The summed E-state index contributed by atoms with van der Waals surface area (Å²) >= 11 is 1.61. The minimum atomic E-state index is -0.996. The highest BCUT2D eigenvalue weighted by molar-refractivity contribution is 7.07. The van der Waals surface area contributed by atoms with Gasteiger partial charge in [-0.2, -0.15) is 11.3 Å². The van der Waals surface area contributed by atoms with Crippen molar-refractivity contribution in [2.75, 3.05) is 6.54 Å². The average Bonchev–Trinajstić information content (AvgIpc) is 2.81. The summed E-state index contributed by atoms with van der Waals surface area (Å²) in [6.07, 6.45) is 1.90. The van der Waals surface area contributed by atoms with E-state index in [0.29, 0.717) is 19.4 Å². The lowest BCUT2D eigenvalue weighted by Gasteiger charge is -2.14. The lowest BCUT2D eigenvalue weighted by Crippen LogP contribution is -2.46. The highest BCUT2D eigenvalue weighted by Gasteiger charge is 2.18. The zero-order valence-electron chi connectivity index (χ0n) is 10.3. The van der Waals surface area contributed by atoms with E-state index in [1.165, 1.54) is 5.56 Å². The molecule has 0 aliphatic rings. The third kappa shape index (κ3) is 5.18. The molecule has 1 aromatic heterocycles. The van der Waals surface area contributed by atoms with Crippen LogP contribution in [0.5, 0.6) is 0 Å². The van der Waals surface area contributed by atoms with Gasteiger partial charge in [0.05, 0.1) is 0 Å². The van der Waals surface area contributed by atoms with Crippen LogP contribution in [0.15, 0.2) is 16.8 Å². The van der Waals surface area contributed by atoms with Gasteiger partial charge in [-0.25, -0.2) is 9.59 Å². The van der Waals surface area contributed by atoms with E-state index in [0.717, 1.165) is 6.42 Å². The molecule has 2 amide bonds. The molecule has 0 radical (unpaired) electrons. The summed E-state index contributed by atoms with van der Waals surface area (Å²) in [6, 6.07) is 0.767. The van der Waals surface area contributed by atoms with Crippen LogP contribution in [-0.2, 0) is 11.2 Å². The Morgan fingerprint density at radius 2 is 2.28 bits per heavy atom. The second-order valence-electron chi connectivity index (χ2n) is 3.96. The van der Waals surface area contributed by atoms with E-state index < -0.39 is 18.0 Å². The number of carboxylic acid groups (broad SMARTS) is 1. The molecule has 6 heteroatoms. The molecule has 5 nitrogen and oxygen atoms in total. The molecule has 0 aromatic carbocycles. The molecule has 0 fully saturated rings. The van der Waals surface area contributed by atoms with Gasteiger partial charge in [-0.3, -0.25) is 0 Å². The van der Waals surface area contributed by atoms with Crippen LogP contribution in [-0.4, -0.2) is 29.7 Å². The molecule has 0 saturated carbocycles. The lowest BCUT2D eigenvalue weighted by atomic mass is 10.2. The Kier molecular flexibility index (Phi) is 6.21. The smallest absolute Gasteiger partial charge is 0.326 e. The zero-order valence-corrected chi connectivity index (χ0v) is 11.1. The standard InChI is InChI=1S/C12H18N2O3S/c1-2-3-10(11(15)16)14-12(17)13-6-4-9-5-7-18-8-9/h5,7-8,10H,2-4,6H2,1H3,(H,15,16)(H2,13,14,17)/t10-/m0/s1. The average molecular weight is 270 g/mol. The molecule has 0 saturated heterocycles. The Morgan fingerprint density at radius 1 is 1.50 bits per heavy atom. The van der Waals surface area contributed by atoms with Gasteiger partial charge >= 0.3 is 12.0 Å². The van der Waals surface area contributed by atoms with E-state index >= 15 is 0 Å². The number of rotatable bonds is 7. The molecule has 0 aliphatic heterocycles. The molecule has 1 heterocycles. The summed E-state index contributed by atoms with van der Waals surface area (Å²) < 4.78 is 0. The molecule has 100 valence electrons. The topological polar surface area (TPSA) is 78.4 Å². The minimum Gasteiger partial charge on any atom is -0.480 e. The number of thiophene rings is 1. The molecule has 0 aliphatic carbocycles. The molecule has 1 aromatic rings. The molecular formula is C12H18N2O3S. The van der Waals surface area contributed by atoms with E-state index in [9.17, 15) is 9.59 Å². The number of aliphatic carboxylic acids is 1. The predicted molar refractivity (Wildman–Crippen MR) is 70.9 cm³/mol. The van der Waals surface area contributed by atoms with Gasteiger partial charge in [0.2, 0.25) is 0 Å². The van der Waals surface area contributed by atoms with Crippen LogP contribution < -0.4 is 10.6 Å². The first kappa shape index (κ1) is 14.5. The van der Waals surface area contributed by atoms with Gasteiger partial charge in [0.1, 0.15) is 6.04 Å². The molecule has 18 heavy (non-hydrogen) atoms. The van der Waals surface area contributed by atoms with Crippen molar-refractivity contribution in [2.45, 2.75) is 32.2 Å². The first-order chi connectivity index (χ1) is 8.63. The van der Waals surface area contributed by atoms with Crippen molar-refractivity contribution in [3.05, 3.63) is 22.4 Å². The SMILES string of the molecule is CCC[C@H](NC(=O)NCCc1ccsc1)C(=O)O. The van der Waals surface area contributed by atoms with Gasteiger partial charge in [0.15, 0.2) is 0 Å². The largest absolute Gasteiger partial charge is 0.480 e. The van der Waals surface area contributed by atoms with Crippen molar-refractivity contribution in [3.8, 4) is 0 Å². The number of carbonyl (C=O) groups excluding carboxylic acids is 1. The monoisotopic (exact) mass is 270 g/mol. The Morgan fingerprint density at radius 3 is 2.83 bits per heavy atom. The van der Waals surface area contributed by atoms with E-state index in [-0.39, 0.29) is 0 Å². The zero-order chi connectivity index (χ0) is 13.4. The summed E-state index contributed by atoms with van der Waals surface area (Å²) in [5, 5.41) is 18.0. The summed E-state index contributed by atoms with van der Waals surface area (Å²) in [4.78, 5) is 22.3. The summed E-state index contributed by atoms with van der Waals surface area (Å²) in [7, 11) is 0. The van der Waals surface area contributed by atoms with Crippen LogP contribution in [0.2, 0.25) is 0 Å². The van der Waals surface area contributed by atoms with E-state index in [2.05, 4.69) is 10.6 Å². The van der Waals surface area contributed by atoms with Crippen molar-refractivity contribution in [3.63, 3.8) is 0 Å². The Balaban J connectivity index is 2.25. The second kappa shape index (κ2) is 7.71. The van der Waals surface area contributed by atoms with Crippen molar-refractivity contribution < 1.29 is 14.7 Å². The summed E-state index contributed by atoms with van der Waals surface area (Å²) in [6.45, 7) is 2.38. The quantitative estimate of drug-likeness (QED) is 0.707. The molecule has 0 spiro atoms. The fourth-order valence-corrected chi connectivity index (χ4v) is 2.21. The third-order valence-electron chi connectivity index (χ3n) is 2.46. The molecular weight excluding hydrogens is 252 g/mol. The summed E-state index contributed by atoms with van der Waals surface area (Å²) in [5.74, 6) is -0.996. The number of carbonyl (C=O) groups is 2. The molecule has 1 atom stereocenters. The van der Waals surface area contributed by atoms with Crippen LogP contribution in [0, 0.1) is 0 Å². The minimum absolute atomic E-state index is 0.425. The Hall–Kier alpha value is -1.56. The summed E-state index contributed by atoms with van der Waals surface area (Å²) in [5.41, 5.74) is 1.17. The maximum atomic E-state index is 11.5. The third-order valence-corrected chi connectivity index (χ3v) is 3.19. The highest BCUT2D eigenvalue weighted by atomic mass is 32.1. The first-order valence-electron chi connectivity index (χ1n) is 5.91. The van der Waals surface area contributed by atoms with Crippen LogP contribution >= 0.6 is 11.3 Å². The predicted octanol–water partition coefficient (Wildman–Crippen LogP) is 1.84. The van der Waals surface area contributed by atoms with Crippen LogP contribution in [0.1, 0.15) is 25.3 Å². The Labute approximate surface area is 110 Å². The van der Waals surface area contributed by atoms with Gasteiger partial charge in [0.25, 0.3) is 0 Å². The maximum absolute atomic E-state index is 11.5. The number of hydrogen-bond donors (Lipinski definition) is 3. The highest BCUT2D eigenvalue weighted by Crippen LogP contribution is 2.05. The van der Waals surface area contributed by atoms with Gasteiger partial charge in [0, 0.05) is 6.54 Å². The number of nitrogens with one attached hydrogen (secondary N) is 2. The van der Waals surface area contributed by atoms with Crippen molar-refractivity contribution >= 4 is 23.3 Å². The molecule has 0 bridgehead atoms. The number of urea groups is 1. The van der Waals surface area contributed by atoms with E-state index in [1.54, 1.807) is 11.3 Å². The van der Waals surface area contributed by atoms with Crippen LogP contribution in [0.25, 0.3) is 0 Å². The maximum Gasteiger partial charge on any atom is 0.326 e. The van der Waals surface area contributed by atoms with Gasteiger partial charge < -0.3 is 15.7 Å². The fraction of sp³-hybridized carbons (Fsp3) is 0.500.